The molecule has 0 N–H and O–H groups in total. The molecule has 0 aliphatic heterocycles. The largest absolute Gasteiger partial charge is 0.464 e. The van der Waals surface area contributed by atoms with Crippen LogP contribution in [0.1, 0.15) is 18.4 Å². The minimum absolute atomic E-state index is 0.119. The van der Waals surface area contributed by atoms with E-state index in [1.165, 1.54) is 0 Å². The Morgan fingerprint density at radius 1 is 1.27 bits per heavy atom. The van der Waals surface area contributed by atoms with Crippen LogP contribution in [0.4, 0.5) is 0 Å². The topological polar surface area (TPSA) is 36.9 Å². The van der Waals surface area contributed by atoms with E-state index in [2.05, 4.69) is 6.07 Å². The zero-order chi connectivity index (χ0) is 10.7. The first kappa shape index (κ1) is 9.54. The Kier molecular flexibility index (Phi) is 2.55. The van der Waals surface area contributed by atoms with Crippen LogP contribution in [0.5, 0.6) is 0 Å². The maximum absolute atomic E-state index is 8.78. The molecule has 2 aromatic rings. The molecule has 0 aliphatic rings. The van der Waals surface area contributed by atoms with Gasteiger partial charge >= 0.3 is 0 Å². The van der Waals surface area contributed by atoms with Gasteiger partial charge in [-0.3, -0.25) is 0 Å². The van der Waals surface area contributed by atoms with Crippen molar-refractivity contribution in [3.8, 4) is 17.4 Å². The molecule has 0 saturated carbocycles. The summed E-state index contributed by atoms with van der Waals surface area (Å²) in [4.78, 5) is 0. The van der Waals surface area contributed by atoms with Gasteiger partial charge in [0.1, 0.15) is 5.76 Å². The van der Waals surface area contributed by atoms with Crippen molar-refractivity contribution in [2.75, 3.05) is 0 Å². The van der Waals surface area contributed by atoms with Crippen molar-refractivity contribution in [3.63, 3.8) is 0 Å². The van der Waals surface area contributed by atoms with E-state index < -0.39 is 0 Å². The highest BCUT2D eigenvalue weighted by molar-refractivity contribution is 5.58. The van der Waals surface area contributed by atoms with Crippen LogP contribution >= 0.6 is 0 Å². The molecule has 2 nitrogen and oxygen atoms in total. The third kappa shape index (κ3) is 1.92. The van der Waals surface area contributed by atoms with Gasteiger partial charge in [-0.15, -0.1) is 0 Å². The molecule has 0 bridgehead atoms. The standard InChI is InChI=1S/C13H11NO/c1-10(8-14)12-7-13(15-9-12)11-5-3-2-4-6-11/h2-7,9-10H,1H3. The molecular formula is C13H11NO. The number of furan rings is 1. The summed E-state index contributed by atoms with van der Waals surface area (Å²) in [6, 6.07) is 14.0. The lowest BCUT2D eigenvalue weighted by molar-refractivity contribution is 0.577. The molecule has 0 amide bonds. The summed E-state index contributed by atoms with van der Waals surface area (Å²) < 4.78 is 5.42. The minimum Gasteiger partial charge on any atom is -0.464 e. The van der Waals surface area contributed by atoms with E-state index in [1.54, 1.807) is 6.26 Å². The quantitative estimate of drug-likeness (QED) is 0.737. The Balaban J connectivity index is 2.33. The molecule has 0 aliphatic carbocycles. The normalized spacial score (nSPS) is 12.0. The van der Waals surface area contributed by atoms with E-state index in [4.69, 9.17) is 9.68 Å². The zero-order valence-corrected chi connectivity index (χ0v) is 8.47. The Hall–Kier alpha value is -2.01. The Labute approximate surface area is 88.8 Å². The summed E-state index contributed by atoms with van der Waals surface area (Å²) >= 11 is 0. The number of hydrogen-bond acceptors (Lipinski definition) is 2. The maximum Gasteiger partial charge on any atom is 0.134 e. The molecule has 1 atom stereocenters. The molecule has 1 unspecified atom stereocenters. The van der Waals surface area contributed by atoms with E-state index in [0.717, 1.165) is 16.9 Å². The van der Waals surface area contributed by atoms with Crippen LogP contribution in [0.2, 0.25) is 0 Å². The van der Waals surface area contributed by atoms with E-state index in [0.29, 0.717) is 0 Å². The molecule has 1 aromatic carbocycles. The van der Waals surface area contributed by atoms with Crippen molar-refractivity contribution in [2.24, 2.45) is 0 Å². The van der Waals surface area contributed by atoms with E-state index in [-0.39, 0.29) is 5.92 Å². The fourth-order valence-corrected chi connectivity index (χ4v) is 1.41. The fourth-order valence-electron chi connectivity index (χ4n) is 1.41. The molecular weight excluding hydrogens is 186 g/mol. The predicted molar refractivity (Wildman–Crippen MR) is 58.2 cm³/mol. The number of nitrogens with zero attached hydrogens (tertiary/aromatic N) is 1. The van der Waals surface area contributed by atoms with Crippen LogP contribution in [-0.2, 0) is 0 Å². The average Bonchev–Trinajstić information content (AvgIpc) is 2.78. The Bertz CT molecular complexity index is 479. The van der Waals surface area contributed by atoms with Gasteiger partial charge in [0.25, 0.3) is 0 Å². The van der Waals surface area contributed by atoms with Gasteiger partial charge in [0.2, 0.25) is 0 Å². The number of rotatable bonds is 2. The Morgan fingerprint density at radius 3 is 2.67 bits per heavy atom. The van der Waals surface area contributed by atoms with Crippen LogP contribution in [0.25, 0.3) is 11.3 Å². The summed E-state index contributed by atoms with van der Waals surface area (Å²) in [6.45, 7) is 1.86. The molecule has 0 spiro atoms. The number of hydrogen-bond donors (Lipinski definition) is 0. The minimum atomic E-state index is -0.119. The summed E-state index contributed by atoms with van der Waals surface area (Å²) in [5.41, 5.74) is 1.96. The molecule has 15 heavy (non-hydrogen) atoms. The van der Waals surface area contributed by atoms with E-state index in [9.17, 15) is 0 Å². The summed E-state index contributed by atoms with van der Waals surface area (Å²) in [5, 5.41) is 8.78. The van der Waals surface area contributed by atoms with Crippen LogP contribution in [-0.4, -0.2) is 0 Å². The third-order valence-corrected chi connectivity index (χ3v) is 2.37. The first-order valence-electron chi connectivity index (χ1n) is 4.84. The molecule has 1 heterocycles. The van der Waals surface area contributed by atoms with E-state index >= 15 is 0 Å². The third-order valence-electron chi connectivity index (χ3n) is 2.37. The van der Waals surface area contributed by atoms with Gasteiger partial charge in [-0.05, 0) is 13.0 Å². The highest BCUT2D eigenvalue weighted by atomic mass is 16.3. The molecule has 0 radical (unpaired) electrons. The highest BCUT2D eigenvalue weighted by Gasteiger charge is 2.09. The number of benzene rings is 1. The zero-order valence-electron chi connectivity index (χ0n) is 8.47. The van der Waals surface area contributed by atoms with Crippen molar-refractivity contribution < 1.29 is 4.42 Å². The second-order valence-electron chi connectivity index (χ2n) is 3.46. The molecule has 2 heteroatoms. The van der Waals surface area contributed by atoms with Crippen molar-refractivity contribution in [1.82, 2.24) is 0 Å². The van der Waals surface area contributed by atoms with Crippen LogP contribution in [0.3, 0.4) is 0 Å². The highest BCUT2D eigenvalue weighted by Crippen LogP contribution is 2.25. The Morgan fingerprint density at radius 2 is 2.00 bits per heavy atom. The van der Waals surface area contributed by atoms with Crippen molar-refractivity contribution in [2.45, 2.75) is 12.8 Å². The summed E-state index contributed by atoms with van der Waals surface area (Å²) in [6.07, 6.45) is 1.65. The molecule has 1 aromatic heterocycles. The van der Waals surface area contributed by atoms with Gasteiger partial charge in [-0.2, -0.15) is 5.26 Å². The van der Waals surface area contributed by atoms with Crippen molar-refractivity contribution in [3.05, 3.63) is 48.2 Å². The van der Waals surface area contributed by atoms with Crippen molar-refractivity contribution in [1.29, 1.82) is 5.26 Å². The predicted octanol–water partition coefficient (Wildman–Crippen LogP) is 3.57. The lowest BCUT2D eigenvalue weighted by atomic mass is 10.1. The van der Waals surface area contributed by atoms with Gasteiger partial charge in [0.05, 0.1) is 18.3 Å². The molecule has 0 fully saturated rings. The van der Waals surface area contributed by atoms with Gasteiger partial charge < -0.3 is 4.42 Å². The first-order valence-corrected chi connectivity index (χ1v) is 4.84. The van der Waals surface area contributed by atoms with Gasteiger partial charge in [-0.25, -0.2) is 0 Å². The fraction of sp³-hybridized carbons (Fsp3) is 0.154. The SMILES string of the molecule is CC(C#N)c1coc(-c2ccccc2)c1. The van der Waals surface area contributed by atoms with Gasteiger partial charge in [0.15, 0.2) is 0 Å². The number of nitriles is 1. The van der Waals surface area contributed by atoms with Crippen LogP contribution in [0.15, 0.2) is 47.1 Å². The lowest BCUT2D eigenvalue weighted by Gasteiger charge is -1.94. The maximum atomic E-state index is 8.78. The van der Waals surface area contributed by atoms with Crippen LogP contribution in [0, 0.1) is 11.3 Å². The lowest BCUT2D eigenvalue weighted by Crippen LogP contribution is -1.83. The van der Waals surface area contributed by atoms with Crippen molar-refractivity contribution >= 4 is 0 Å². The summed E-state index contributed by atoms with van der Waals surface area (Å²) in [5.74, 6) is 0.693. The first-order chi connectivity index (χ1) is 7.31. The smallest absolute Gasteiger partial charge is 0.134 e. The van der Waals surface area contributed by atoms with E-state index in [1.807, 2.05) is 43.3 Å². The van der Waals surface area contributed by atoms with Crippen LogP contribution < -0.4 is 0 Å². The second-order valence-corrected chi connectivity index (χ2v) is 3.46. The monoisotopic (exact) mass is 197 g/mol. The molecule has 74 valence electrons. The average molecular weight is 197 g/mol. The molecule has 2 rings (SSSR count). The van der Waals surface area contributed by atoms with Gasteiger partial charge in [0, 0.05) is 11.1 Å². The van der Waals surface area contributed by atoms with Gasteiger partial charge in [-0.1, -0.05) is 30.3 Å². The summed E-state index contributed by atoms with van der Waals surface area (Å²) in [7, 11) is 0. The molecule has 0 saturated heterocycles. The second kappa shape index (κ2) is 4.02.